The van der Waals surface area contributed by atoms with E-state index in [0.29, 0.717) is 16.6 Å². The number of fused-ring (bicyclic) bond motifs is 1. The summed E-state index contributed by atoms with van der Waals surface area (Å²) in [5.74, 6) is 0. The molecular formula is C17H12Cl2N2O2. The van der Waals surface area contributed by atoms with E-state index < -0.39 is 4.92 Å². The van der Waals surface area contributed by atoms with Crippen LogP contribution in [0.5, 0.6) is 0 Å². The number of aromatic nitrogens is 1. The van der Waals surface area contributed by atoms with E-state index in [1.165, 1.54) is 6.08 Å². The maximum atomic E-state index is 10.6. The molecule has 3 aromatic rings. The van der Waals surface area contributed by atoms with Gasteiger partial charge in [-0.15, -0.1) is 0 Å². The molecule has 1 aromatic heterocycles. The summed E-state index contributed by atoms with van der Waals surface area (Å²) in [6.45, 7) is 0.558. The number of rotatable bonds is 4. The highest BCUT2D eigenvalue weighted by Gasteiger charge is 2.09. The predicted octanol–water partition coefficient (Wildman–Crippen LogP) is 5.24. The minimum absolute atomic E-state index is 0.470. The lowest BCUT2D eigenvalue weighted by atomic mass is 10.2. The molecule has 0 aliphatic carbocycles. The van der Waals surface area contributed by atoms with Gasteiger partial charge in [-0.3, -0.25) is 10.1 Å². The van der Waals surface area contributed by atoms with Crippen LogP contribution in [0.25, 0.3) is 17.0 Å². The molecule has 0 spiro atoms. The van der Waals surface area contributed by atoms with E-state index in [-0.39, 0.29) is 0 Å². The Hall–Kier alpha value is -2.30. The van der Waals surface area contributed by atoms with Gasteiger partial charge in [0.25, 0.3) is 0 Å². The van der Waals surface area contributed by atoms with Crippen LogP contribution in [0, 0.1) is 10.1 Å². The summed E-state index contributed by atoms with van der Waals surface area (Å²) < 4.78 is 2.02. The van der Waals surface area contributed by atoms with Crippen molar-refractivity contribution < 1.29 is 4.92 Å². The van der Waals surface area contributed by atoms with Crippen LogP contribution in [0.15, 0.2) is 54.9 Å². The molecule has 0 saturated heterocycles. The third-order valence-electron chi connectivity index (χ3n) is 3.55. The van der Waals surface area contributed by atoms with E-state index in [1.54, 1.807) is 12.1 Å². The van der Waals surface area contributed by atoms with Gasteiger partial charge in [-0.2, -0.15) is 0 Å². The van der Waals surface area contributed by atoms with Gasteiger partial charge in [-0.05, 0) is 23.8 Å². The van der Waals surface area contributed by atoms with Crippen molar-refractivity contribution in [1.29, 1.82) is 0 Å². The Bertz CT molecular complexity index is 916. The summed E-state index contributed by atoms with van der Waals surface area (Å²) in [7, 11) is 0. The zero-order chi connectivity index (χ0) is 16.4. The molecule has 23 heavy (non-hydrogen) atoms. The summed E-state index contributed by atoms with van der Waals surface area (Å²) >= 11 is 12.2. The zero-order valence-corrected chi connectivity index (χ0v) is 13.5. The molecule has 0 atom stereocenters. The number of benzene rings is 2. The van der Waals surface area contributed by atoms with E-state index in [9.17, 15) is 10.1 Å². The number of para-hydroxylation sites is 1. The van der Waals surface area contributed by atoms with Crippen molar-refractivity contribution in [2.24, 2.45) is 0 Å². The van der Waals surface area contributed by atoms with E-state index in [4.69, 9.17) is 23.2 Å². The molecule has 0 unspecified atom stereocenters. The molecule has 0 fully saturated rings. The van der Waals surface area contributed by atoms with Crippen molar-refractivity contribution in [3.05, 3.63) is 86.1 Å². The number of halogens is 2. The third-order valence-corrected chi connectivity index (χ3v) is 4.14. The monoisotopic (exact) mass is 346 g/mol. The van der Waals surface area contributed by atoms with Crippen molar-refractivity contribution in [2.75, 3.05) is 0 Å². The van der Waals surface area contributed by atoms with Crippen molar-refractivity contribution in [2.45, 2.75) is 6.54 Å². The maximum absolute atomic E-state index is 10.6. The summed E-state index contributed by atoms with van der Waals surface area (Å²) in [5.41, 5.74) is 2.71. The predicted molar refractivity (Wildman–Crippen MR) is 93.5 cm³/mol. The molecular weight excluding hydrogens is 335 g/mol. The van der Waals surface area contributed by atoms with Crippen molar-refractivity contribution in [3.8, 4) is 0 Å². The SMILES string of the molecule is O=[N+]([O-])/C=C/c1cn(Cc2ccc(Cl)cc2Cl)c2ccccc12. The average molecular weight is 347 g/mol. The van der Waals surface area contributed by atoms with Gasteiger partial charge >= 0.3 is 0 Å². The van der Waals surface area contributed by atoms with Gasteiger partial charge in [-0.1, -0.05) is 47.5 Å². The van der Waals surface area contributed by atoms with Crippen LogP contribution in [0.2, 0.25) is 10.0 Å². The van der Waals surface area contributed by atoms with E-state index in [2.05, 4.69) is 0 Å². The van der Waals surface area contributed by atoms with Crippen LogP contribution >= 0.6 is 23.2 Å². The van der Waals surface area contributed by atoms with Crippen LogP contribution < -0.4 is 0 Å². The van der Waals surface area contributed by atoms with Gasteiger partial charge in [0.2, 0.25) is 6.20 Å². The molecule has 0 radical (unpaired) electrons. The zero-order valence-electron chi connectivity index (χ0n) is 11.9. The molecule has 1 heterocycles. The summed E-state index contributed by atoms with van der Waals surface area (Å²) in [5, 5.41) is 12.7. The average Bonchev–Trinajstić information content (AvgIpc) is 2.86. The first-order chi connectivity index (χ1) is 11.0. The normalized spacial score (nSPS) is 11.4. The van der Waals surface area contributed by atoms with Gasteiger partial charge in [0, 0.05) is 45.3 Å². The Morgan fingerprint density at radius 3 is 2.70 bits per heavy atom. The number of nitrogens with zero attached hydrogens (tertiary/aromatic N) is 2. The third kappa shape index (κ3) is 3.38. The van der Waals surface area contributed by atoms with E-state index in [0.717, 1.165) is 28.2 Å². The van der Waals surface area contributed by atoms with Gasteiger partial charge in [0.15, 0.2) is 0 Å². The lowest BCUT2D eigenvalue weighted by molar-refractivity contribution is -0.400. The Morgan fingerprint density at radius 1 is 1.17 bits per heavy atom. The smallest absolute Gasteiger partial charge is 0.235 e. The molecule has 0 N–H and O–H groups in total. The quantitative estimate of drug-likeness (QED) is 0.478. The highest BCUT2D eigenvalue weighted by molar-refractivity contribution is 6.35. The van der Waals surface area contributed by atoms with Gasteiger partial charge < -0.3 is 4.57 Å². The second-order valence-electron chi connectivity index (χ2n) is 5.07. The molecule has 2 aromatic carbocycles. The molecule has 3 rings (SSSR count). The highest BCUT2D eigenvalue weighted by atomic mass is 35.5. The summed E-state index contributed by atoms with van der Waals surface area (Å²) in [6, 6.07) is 13.1. The summed E-state index contributed by atoms with van der Waals surface area (Å²) in [6.07, 6.45) is 4.33. The van der Waals surface area contributed by atoms with Gasteiger partial charge in [0.1, 0.15) is 0 Å². The molecule has 0 aliphatic heterocycles. The first kappa shape index (κ1) is 15.6. The van der Waals surface area contributed by atoms with Crippen LogP contribution in [0.4, 0.5) is 0 Å². The lowest BCUT2D eigenvalue weighted by Crippen LogP contribution is -1.98. The standard InChI is InChI=1S/C17H12Cl2N2O2/c18-14-6-5-13(16(19)9-14)11-20-10-12(7-8-21(22)23)15-3-1-2-4-17(15)20/h1-10H,11H2/b8-7+. The fourth-order valence-electron chi connectivity index (χ4n) is 2.51. The minimum atomic E-state index is -0.470. The van der Waals surface area contributed by atoms with Crippen molar-refractivity contribution in [3.63, 3.8) is 0 Å². The Morgan fingerprint density at radius 2 is 1.96 bits per heavy atom. The lowest BCUT2D eigenvalue weighted by Gasteiger charge is -2.08. The number of hydrogen-bond donors (Lipinski definition) is 0. The molecule has 0 amide bonds. The second kappa shape index (κ2) is 6.44. The topological polar surface area (TPSA) is 48.1 Å². The van der Waals surface area contributed by atoms with Crippen molar-refractivity contribution >= 4 is 40.2 Å². The van der Waals surface area contributed by atoms with Crippen LogP contribution in [-0.2, 0) is 6.54 Å². The Balaban J connectivity index is 2.05. The number of nitro groups is 1. The maximum Gasteiger partial charge on any atom is 0.235 e. The molecule has 6 heteroatoms. The Kier molecular flexibility index (Phi) is 4.37. The molecule has 0 bridgehead atoms. The number of hydrogen-bond acceptors (Lipinski definition) is 2. The fourth-order valence-corrected chi connectivity index (χ4v) is 2.98. The van der Waals surface area contributed by atoms with Crippen molar-refractivity contribution in [1.82, 2.24) is 4.57 Å². The van der Waals surface area contributed by atoms with Gasteiger partial charge in [-0.25, -0.2) is 0 Å². The first-order valence-electron chi connectivity index (χ1n) is 6.88. The molecule has 4 nitrogen and oxygen atoms in total. The van der Waals surface area contributed by atoms with E-state index in [1.807, 2.05) is 41.1 Å². The van der Waals surface area contributed by atoms with Gasteiger partial charge in [0.05, 0.1) is 4.92 Å². The molecule has 0 aliphatic rings. The summed E-state index contributed by atoms with van der Waals surface area (Å²) in [4.78, 5) is 10.1. The molecule has 0 saturated carbocycles. The molecule has 116 valence electrons. The van der Waals surface area contributed by atoms with Crippen LogP contribution in [-0.4, -0.2) is 9.49 Å². The minimum Gasteiger partial charge on any atom is -0.342 e. The fraction of sp³-hybridized carbons (Fsp3) is 0.0588. The van der Waals surface area contributed by atoms with Crippen LogP contribution in [0.1, 0.15) is 11.1 Å². The highest BCUT2D eigenvalue weighted by Crippen LogP contribution is 2.26. The Labute approximate surface area is 142 Å². The first-order valence-corrected chi connectivity index (χ1v) is 7.63. The van der Waals surface area contributed by atoms with Crippen LogP contribution in [0.3, 0.4) is 0 Å². The van der Waals surface area contributed by atoms with E-state index >= 15 is 0 Å². The largest absolute Gasteiger partial charge is 0.342 e. The second-order valence-corrected chi connectivity index (χ2v) is 5.91.